The number of sulfone groups is 1. The Hall–Kier alpha value is -2.26. The monoisotopic (exact) mass is 388 g/mol. The van der Waals surface area contributed by atoms with Crippen molar-refractivity contribution in [2.75, 3.05) is 18.1 Å². The maximum absolute atomic E-state index is 11.8. The molecule has 1 N–H and O–H groups in total. The van der Waals surface area contributed by atoms with Crippen molar-refractivity contribution in [3.8, 4) is 0 Å². The number of nitrogens with zero attached hydrogens (tertiary/aromatic N) is 5. The third-order valence-electron chi connectivity index (χ3n) is 4.97. The van der Waals surface area contributed by atoms with Crippen molar-refractivity contribution in [3.05, 3.63) is 42.0 Å². The molecule has 4 rings (SSSR count). The number of rotatable bonds is 7. The van der Waals surface area contributed by atoms with Crippen LogP contribution in [-0.2, 0) is 22.9 Å². The van der Waals surface area contributed by atoms with Crippen molar-refractivity contribution in [1.29, 1.82) is 0 Å². The molecule has 0 aromatic carbocycles. The van der Waals surface area contributed by atoms with Gasteiger partial charge in [-0.15, -0.1) is 0 Å². The van der Waals surface area contributed by atoms with Gasteiger partial charge >= 0.3 is 0 Å². The second kappa shape index (κ2) is 7.40. The molecule has 1 aliphatic heterocycles. The molecule has 0 saturated carbocycles. The van der Waals surface area contributed by atoms with Gasteiger partial charge < -0.3 is 5.32 Å². The highest BCUT2D eigenvalue weighted by Gasteiger charge is 2.31. The highest BCUT2D eigenvalue weighted by molar-refractivity contribution is 7.91. The number of pyridine rings is 1. The van der Waals surface area contributed by atoms with Gasteiger partial charge in [0.05, 0.1) is 23.2 Å². The minimum atomic E-state index is -2.95. The van der Waals surface area contributed by atoms with Gasteiger partial charge in [-0.3, -0.25) is 4.68 Å². The SMILES string of the molecule is Cc1nn(C2CCS(=O)(=O)C2)c2ncc(CNCCCn3cccn3)cc12. The summed E-state index contributed by atoms with van der Waals surface area (Å²) in [6, 6.07) is 3.92. The van der Waals surface area contributed by atoms with Crippen LogP contribution in [0.2, 0.25) is 0 Å². The van der Waals surface area contributed by atoms with E-state index in [2.05, 4.69) is 26.6 Å². The van der Waals surface area contributed by atoms with Gasteiger partial charge in [-0.25, -0.2) is 18.1 Å². The van der Waals surface area contributed by atoms with E-state index in [1.807, 2.05) is 30.1 Å². The van der Waals surface area contributed by atoms with E-state index in [0.29, 0.717) is 6.42 Å². The highest BCUT2D eigenvalue weighted by Crippen LogP contribution is 2.28. The predicted molar refractivity (Wildman–Crippen MR) is 103 cm³/mol. The van der Waals surface area contributed by atoms with Crippen molar-refractivity contribution < 1.29 is 8.42 Å². The lowest BCUT2D eigenvalue weighted by Crippen LogP contribution is -2.17. The summed E-state index contributed by atoms with van der Waals surface area (Å²) < 4.78 is 27.3. The molecule has 4 heterocycles. The molecule has 144 valence electrons. The van der Waals surface area contributed by atoms with Crippen LogP contribution in [0, 0.1) is 6.92 Å². The molecule has 1 aliphatic rings. The van der Waals surface area contributed by atoms with Gasteiger partial charge in [-0.05, 0) is 44.0 Å². The fourth-order valence-electron chi connectivity index (χ4n) is 3.56. The maximum atomic E-state index is 11.8. The molecule has 1 atom stereocenters. The number of nitrogens with one attached hydrogen (secondary N) is 1. The lowest BCUT2D eigenvalue weighted by atomic mass is 10.2. The maximum Gasteiger partial charge on any atom is 0.158 e. The third-order valence-corrected chi connectivity index (χ3v) is 6.72. The molecular formula is C18H24N6O2S. The molecule has 3 aromatic rings. The number of aromatic nitrogens is 5. The molecule has 8 nitrogen and oxygen atoms in total. The smallest absolute Gasteiger partial charge is 0.158 e. The quantitative estimate of drug-likeness (QED) is 0.616. The molecule has 0 amide bonds. The first-order valence-electron chi connectivity index (χ1n) is 9.24. The molecule has 0 bridgehead atoms. The summed E-state index contributed by atoms with van der Waals surface area (Å²) in [5, 5.41) is 13.2. The second-order valence-corrected chi connectivity index (χ2v) is 9.33. The van der Waals surface area contributed by atoms with Crippen LogP contribution in [0.1, 0.15) is 30.1 Å². The predicted octanol–water partition coefficient (Wildman–Crippen LogP) is 1.48. The fourth-order valence-corrected chi connectivity index (χ4v) is 5.26. The average molecular weight is 388 g/mol. The number of aryl methyl sites for hydroxylation is 2. The van der Waals surface area contributed by atoms with Crippen molar-refractivity contribution in [2.24, 2.45) is 0 Å². The zero-order chi connectivity index (χ0) is 18.9. The third kappa shape index (κ3) is 4.03. The van der Waals surface area contributed by atoms with Crippen LogP contribution in [0.25, 0.3) is 11.0 Å². The molecule has 27 heavy (non-hydrogen) atoms. The molecule has 0 aliphatic carbocycles. The molecule has 3 aromatic heterocycles. The van der Waals surface area contributed by atoms with E-state index in [1.165, 1.54) is 0 Å². The van der Waals surface area contributed by atoms with Crippen LogP contribution in [0.4, 0.5) is 0 Å². The number of hydrogen-bond acceptors (Lipinski definition) is 6. The fraction of sp³-hybridized carbons (Fsp3) is 0.500. The first kappa shape index (κ1) is 18.1. The zero-order valence-electron chi connectivity index (χ0n) is 15.4. The first-order valence-corrected chi connectivity index (χ1v) is 11.1. The highest BCUT2D eigenvalue weighted by atomic mass is 32.2. The van der Waals surface area contributed by atoms with Gasteiger partial charge in [0, 0.05) is 37.1 Å². The van der Waals surface area contributed by atoms with Crippen molar-refractivity contribution >= 4 is 20.9 Å². The number of hydrogen-bond donors (Lipinski definition) is 1. The van der Waals surface area contributed by atoms with E-state index < -0.39 is 9.84 Å². The summed E-state index contributed by atoms with van der Waals surface area (Å²) >= 11 is 0. The van der Waals surface area contributed by atoms with Gasteiger partial charge in [0.15, 0.2) is 15.5 Å². The standard InChI is InChI=1S/C18H24N6O2S/c1-14-17-10-15(11-19-5-2-7-23-8-3-6-21-23)12-20-18(17)24(22-14)16-4-9-27(25,26)13-16/h3,6,8,10,12,16,19H,2,4-5,7,9,11,13H2,1H3. The van der Waals surface area contributed by atoms with E-state index in [-0.39, 0.29) is 17.5 Å². The average Bonchev–Trinajstić information content (AvgIpc) is 3.35. The molecule has 1 unspecified atom stereocenters. The van der Waals surface area contributed by atoms with Crippen molar-refractivity contribution in [2.45, 2.75) is 38.9 Å². The topological polar surface area (TPSA) is 94.7 Å². The van der Waals surface area contributed by atoms with E-state index >= 15 is 0 Å². The van der Waals surface area contributed by atoms with E-state index in [0.717, 1.165) is 48.3 Å². The van der Waals surface area contributed by atoms with E-state index in [4.69, 9.17) is 0 Å². The lowest BCUT2D eigenvalue weighted by molar-refractivity contribution is 0.509. The van der Waals surface area contributed by atoms with Gasteiger partial charge in [-0.1, -0.05) is 0 Å². The number of fused-ring (bicyclic) bond motifs is 1. The van der Waals surface area contributed by atoms with Gasteiger partial charge in [-0.2, -0.15) is 10.2 Å². The molecule has 1 fully saturated rings. The summed E-state index contributed by atoms with van der Waals surface area (Å²) in [7, 11) is -2.95. The van der Waals surface area contributed by atoms with Crippen LogP contribution < -0.4 is 5.32 Å². The Kier molecular flexibility index (Phi) is 4.96. The van der Waals surface area contributed by atoms with E-state index in [9.17, 15) is 8.42 Å². The summed E-state index contributed by atoms with van der Waals surface area (Å²) in [4.78, 5) is 4.59. The van der Waals surface area contributed by atoms with E-state index in [1.54, 1.807) is 10.9 Å². The van der Waals surface area contributed by atoms with Gasteiger partial charge in [0.25, 0.3) is 0 Å². The largest absolute Gasteiger partial charge is 0.313 e. The Morgan fingerprint density at radius 2 is 2.26 bits per heavy atom. The Morgan fingerprint density at radius 3 is 3.00 bits per heavy atom. The summed E-state index contributed by atoms with van der Waals surface area (Å²) in [6.07, 6.45) is 7.22. The lowest BCUT2D eigenvalue weighted by Gasteiger charge is -2.09. The minimum Gasteiger partial charge on any atom is -0.313 e. The van der Waals surface area contributed by atoms with Crippen LogP contribution >= 0.6 is 0 Å². The molecule has 1 saturated heterocycles. The Bertz CT molecular complexity index is 1030. The van der Waals surface area contributed by atoms with Crippen LogP contribution in [-0.4, -0.2) is 51.0 Å². The van der Waals surface area contributed by atoms with Crippen LogP contribution in [0.3, 0.4) is 0 Å². The Balaban J connectivity index is 1.40. The summed E-state index contributed by atoms with van der Waals surface area (Å²) in [5.74, 6) is 0.392. The minimum absolute atomic E-state index is 0.107. The first-order chi connectivity index (χ1) is 13.0. The van der Waals surface area contributed by atoms with Crippen molar-refractivity contribution in [1.82, 2.24) is 29.9 Å². The second-order valence-electron chi connectivity index (χ2n) is 7.10. The van der Waals surface area contributed by atoms with Gasteiger partial charge in [0.2, 0.25) is 0 Å². The van der Waals surface area contributed by atoms with Crippen LogP contribution in [0.15, 0.2) is 30.7 Å². The van der Waals surface area contributed by atoms with Crippen LogP contribution in [0.5, 0.6) is 0 Å². The Labute approximate surface area is 158 Å². The van der Waals surface area contributed by atoms with Crippen molar-refractivity contribution in [3.63, 3.8) is 0 Å². The molecule has 0 radical (unpaired) electrons. The molecule has 0 spiro atoms. The zero-order valence-corrected chi connectivity index (χ0v) is 16.2. The normalized spacial score (nSPS) is 19.1. The Morgan fingerprint density at radius 1 is 1.37 bits per heavy atom. The molecular weight excluding hydrogens is 364 g/mol. The molecule has 9 heteroatoms. The summed E-state index contributed by atoms with van der Waals surface area (Å²) in [5.41, 5.74) is 2.77. The summed E-state index contributed by atoms with van der Waals surface area (Å²) in [6.45, 7) is 4.49. The van der Waals surface area contributed by atoms with Gasteiger partial charge in [0.1, 0.15) is 0 Å².